The highest BCUT2D eigenvalue weighted by atomic mass is 32.1. The number of anilines is 1. The first-order chi connectivity index (χ1) is 7.43. The Morgan fingerprint density at radius 1 is 1.27 bits per heavy atom. The zero-order valence-electron chi connectivity index (χ0n) is 8.14. The van der Waals surface area contributed by atoms with Crippen molar-refractivity contribution in [3.05, 3.63) is 46.7 Å². The van der Waals surface area contributed by atoms with Gasteiger partial charge < -0.3 is 10.1 Å². The molecule has 0 saturated heterocycles. The van der Waals surface area contributed by atoms with E-state index in [1.165, 1.54) is 5.56 Å². The predicted octanol–water partition coefficient (Wildman–Crippen LogP) is 3.29. The molecule has 0 aliphatic carbocycles. The number of fused-ring (bicyclic) bond motifs is 1. The van der Waals surface area contributed by atoms with E-state index in [2.05, 4.69) is 22.1 Å². The van der Waals surface area contributed by atoms with E-state index in [1.807, 2.05) is 24.3 Å². The van der Waals surface area contributed by atoms with Gasteiger partial charge in [-0.1, -0.05) is 12.1 Å². The summed E-state index contributed by atoms with van der Waals surface area (Å²) in [5.41, 5.74) is 2.38. The molecule has 3 heteroatoms. The molecule has 0 fully saturated rings. The molecule has 3 rings (SSSR count). The van der Waals surface area contributed by atoms with Gasteiger partial charge in [-0.25, -0.2) is 0 Å². The van der Waals surface area contributed by atoms with Crippen LogP contribution in [0.4, 0.5) is 5.69 Å². The van der Waals surface area contributed by atoms with Crippen LogP contribution < -0.4 is 10.1 Å². The van der Waals surface area contributed by atoms with Crippen molar-refractivity contribution in [3.8, 4) is 5.75 Å². The number of para-hydroxylation sites is 2. The van der Waals surface area contributed by atoms with E-state index < -0.39 is 0 Å². The molecule has 0 unspecified atom stereocenters. The number of rotatable bonds is 1. The van der Waals surface area contributed by atoms with Crippen molar-refractivity contribution >= 4 is 17.0 Å². The van der Waals surface area contributed by atoms with Crippen molar-refractivity contribution in [2.75, 3.05) is 11.9 Å². The van der Waals surface area contributed by atoms with Gasteiger partial charge in [-0.2, -0.15) is 11.3 Å². The highest BCUT2D eigenvalue weighted by molar-refractivity contribution is 7.08. The zero-order chi connectivity index (χ0) is 10.1. The van der Waals surface area contributed by atoms with Gasteiger partial charge in [0.15, 0.2) is 0 Å². The molecule has 0 saturated carbocycles. The largest absolute Gasteiger partial charge is 0.489 e. The van der Waals surface area contributed by atoms with Gasteiger partial charge in [-0.3, -0.25) is 0 Å². The van der Waals surface area contributed by atoms with Gasteiger partial charge in [0.25, 0.3) is 0 Å². The maximum atomic E-state index is 5.70. The summed E-state index contributed by atoms with van der Waals surface area (Å²) in [6.07, 6.45) is 0. The van der Waals surface area contributed by atoms with Crippen LogP contribution in [0.15, 0.2) is 41.1 Å². The fourth-order valence-electron chi connectivity index (χ4n) is 1.77. The molecule has 1 atom stereocenters. The fraction of sp³-hybridized carbons (Fsp3) is 0.167. The Balaban J connectivity index is 1.89. The van der Waals surface area contributed by atoms with Gasteiger partial charge >= 0.3 is 0 Å². The molecular weight excluding hydrogens is 206 g/mol. The van der Waals surface area contributed by atoms with E-state index in [-0.39, 0.29) is 6.04 Å². The Labute approximate surface area is 92.5 Å². The van der Waals surface area contributed by atoms with E-state index in [0.717, 1.165) is 11.4 Å². The summed E-state index contributed by atoms with van der Waals surface area (Å²) >= 11 is 1.72. The number of nitrogens with one attached hydrogen (secondary N) is 1. The number of benzene rings is 1. The van der Waals surface area contributed by atoms with Gasteiger partial charge in [-0.15, -0.1) is 0 Å². The predicted molar refractivity (Wildman–Crippen MR) is 62.6 cm³/mol. The summed E-state index contributed by atoms with van der Waals surface area (Å²) in [7, 11) is 0. The van der Waals surface area contributed by atoms with E-state index in [9.17, 15) is 0 Å². The molecule has 76 valence electrons. The van der Waals surface area contributed by atoms with Gasteiger partial charge in [0, 0.05) is 0 Å². The molecule has 1 N–H and O–H groups in total. The summed E-state index contributed by atoms with van der Waals surface area (Å²) in [5.74, 6) is 0.948. The summed E-state index contributed by atoms with van der Waals surface area (Å²) in [4.78, 5) is 0. The first kappa shape index (κ1) is 8.80. The molecule has 1 aliphatic heterocycles. The Bertz CT molecular complexity index is 452. The fourth-order valence-corrected chi connectivity index (χ4v) is 2.48. The van der Waals surface area contributed by atoms with Gasteiger partial charge in [-0.05, 0) is 34.5 Å². The van der Waals surface area contributed by atoms with Crippen LogP contribution in [0.1, 0.15) is 11.6 Å². The number of hydrogen-bond donors (Lipinski definition) is 1. The lowest BCUT2D eigenvalue weighted by molar-refractivity contribution is 0.287. The quantitative estimate of drug-likeness (QED) is 0.791. The van der Waals surface area contributed by atoms with Crippen molar-refractivity contribution in [2.24, 2.45) is 0 Å². The third-order valence-corrected chi connectivity index (χ3v) is 3.27. The second-order valence-electron chi connectivity index (χ2n) is 3.56. The van der Waals surface area contributed by atoms with Gasteiger partial charge in [0.2, 0.25) is 0 Å². The first-order valence-corrected chi connectivity index (χ1v) is 5.88. The average molecular weight is 217 g/mol. The molecule has 1 aromatic carbocycles. The Kier molecular flexibility index (Phi) is 2.10. The molecular formula is C12H11NOS. The second-order valence-corrected chi connectivity index (χ2v) is 4.34. The standard InChI is InChI=1S/C12H11NOS/c1-2-4-12-10(3-1)13-11(7-14-12)9-5-6-15-8-9/h1-6,8,11,13H,7H2/t11-/m1/s1. The maximum absolute atomic E-state index is 5.70. The molecule has 0 radical (unpaired) electrons. The Morgan fingerprint density at radius 3 is 3.07 bits per heavy atom. The summed E-state index contributed by atoms with van der Waals surface area (Å²) < 4.78 is 5.70. The number of ether oxygens (including phenoxy) is 1. The van der Waals surface area contributed by atoms with Crippen LogP contribution in [0, 0.1) is 0 Å². The van der Waals surface area contributed by atoms with Crippen LogP contribution in [0.3, 0.4) is 0 Å². The minimum atomic E-state index is 0.283. The van der Waals surface area contributed by atoms with Gasteiger partial charge in [0.1, 0.15) is 12.4 Å². The molecule has 1 aromatic heterocycles. The minimum Gasteiger partial charge on any atom is -0.489 e. The zero-order valence-corrected chi connectivity index (χ0v) is 8.96. The lowest BCUT2D eigenvalue weighted by Crippen LogP contribution is -2.23. The molecule has 2 nitrogen and oxygen atoms in total. The molecule has 15 heavy (non-hydrogen) atoms. The second kappa shape index (κ2) is 3.59. The molecule has 0 amide bonds. The van der Waals surface area contributed by atoms with Crippen LogP contribution in [0.2, 0.25) is 0 Å². The number of thiophene rings is 1. The van der Waals surface area contributed by atoms with E-state index >= 15 is 0 Å². The minimum absolute atomic E-state index is 0.283. The third kappa shape index (κ3) is 1.59. The molecule has 0 spiro atoms. The summed E-state index contributed by atoms with van der Waals surface area (Å²) in [6.45, 7) is 0.702. The van der Waals surface area contributed by atoms with Crippen LogP contribution in [-0.4, -0.2) is 6.61 Å². The molecule has 2 heterocycles. The first-order valence-electron chi connectivity index (χ1n) is 4.94. The van der Waals surface area contributed by atoms with Crippen LogP contribution in [-0.2, 0) is 0 Å². The van der Waals surface area contributed by atoms with Crippen molar-refractivity contribution in [2.45, 2.75) is 6.04 Å². The highest BCUT2D eigenvalue weighted by Crippen LogP contribution is 2.33. The van der Waals surface area contributed by atoms with Crippen LogP contribution in [0.25, 0.3) is 0 Å². The average Bonchev–Trinajstić information content (AvgIpc) is 2.82. The normalized spacial score (nSPS) is 18.8. The van der Waals surface area contributed by atoms with E-state index in [4.69, 9.17) is 4.74 Å². The van der Waals surface area contributed by atoms with E-state index in [1.54, 1.807) is 11.3 Å². The van der Waals surface area contributed by atoms with Crippen molar-refractivity contribution in [1.82, 2.24) is 0 Å². The lowest BCUT2D eigenvalue weighted by Gasteiger charge is -2.26. The highest BCUT2D eigenvalue weighted by Gasteiger charge is 2.19. The van der Waals surface area contributed by atoms with Crippen LogP contribution >= 0.6 is 11.3 Å². The van der Waals surface area contributed by atoms with Crippen molar-refractivity contribution in [1.29, 1.82) is 0 Å². The molecule has 0 bridgehead atoms. The monoisotopic (exact) mass is 217 g/mol. The topological polar surface area (TPSA) is 21.3 Å². The van der Waals surface area contributed by atoms with E-state index in [0.29, 0.717) is 6.61 Å². The molecule has 2 aromatic rings. The summed E-state index contributed by atoms with van der Waals surface area (Å²) in [5, 5.41) is 7.74. The smallest absolute Gasteiger partial charge is 0.142 e. The summed E-state index contributed by atoms with van der Waals surface area (Å²) in [6, 6.07) is 10.5. The number of hydrogen-bond acceptors (Lipinski definition) is 3. The SMILES string of the molecule is c1ccc2c(c1)N[C@@H](c1ccsc1)CO2. The Morgan fingerprint density at radius 2 is 2.20 bits per heavy atom. The van der Waals surface area contributed by atoms with Crippen LogP contribution in [0.5, 0.6) is 5.75 Å². The van der Waals surface area contributed by atoms with Gasteiger partial charge in [0.05, 0.1) is 11.7 Å². The lowest BCUT2D eigenvalue weighted by atomic mass is 10.1. The van der Waals surface area contributed by atoms with Crippen molar-refractivity contribution in [3.63, 3.8) is 0 Å². The molecule has 1 aliphatic rings. The Hall–Kier alpha value is -1.48. The maximum Gasteiger partial charge on any atom is 0.142 e. The third-order valence-electron chi connectivity index (χ3n) is 2.57. The van der Waals surface area contributed by atoms with Crippen molar-refractivity contribution < 1.29 is 4.74 Å².